The molecule has 0 saturated carbocycles. The Kier molecular flexibility index (Phi) is 7.97. The Hall–Kier alpha value is -4.00. The van der Waals surface area contributed by atoms with Crippen LogP contribution >= 0.6 is 0 Å². The third kappa shape index (κ3) is 6.25. The van der Waals surface area contributed by atoms with Gasteiger partial charge in [0, 0.05) is 75.6 Å². The molecule has 0 unspecified atom stereocenters. The molecule has 0 atom stereocenters. The lowest BCUT2D eigenvalue weighted by atomic mass is 10.2. The minimum absolute atomic E-state index is 0.00456. The number of aromatic amines is 2. The fourth-order valence-corrected chi connectivity index (χ4v) is 6.72. The normalized spacial score (nSPS) is 17.4. The SMILES string of the molecule is CS(=O)(=O)N1CCN(c2n[nH]c3ccc(N)cc23)CC1.CS(=O)(=O)N1CCN(c2n[nH]c3ccc([N+](=O)[O-])cc23)CC1. The van der Waals surface area contributed by atoms with E-state index in [9.17, 15) is 26.9 Å². The van der Waals surface area contributed by atoms with E-state index in [1.807, 2.05) is 23.1 Å². The topological polar surface area (TPSA) is 208 Å². The predicted molar refractivity (Wildman–Crippen MR) is 161 cm³/mol. The zero-order valence-electron chi connectivity index (χ0n) is 23.1. The molecule has 16 nitrogen and oxygen atoms in total. The summed E-state index contributed by atoms with van der Waals surface area (Å²) in [5.41, 5.74) is 8.15. The van der Waals surface area contributed by atoms with Crippen molar-refractivity contribution in [2.45, 2.75) is 0 Å². The zero-order valence-corrected chi connectivity index (χ0v) is 24.7. The quantitative estimate of drug-likeness (QED) is 0.161. The number of benzene rings is 2. The number of nitrogen functional groups attached to an aromatic ring is 1. The highest BCUT2D eigenvalue weighted by Crippen LogP contribution is 2.29. The molecule has 2 aliphatic rings. The molecule has 42 heavy (non-hydrogen) atoms. The minimum atomic E-state index is -3.19. The molecule has 2 aliphatic heterocycles. The molecule has 2 aromatic carbocycles. The van der Waals surface area contributed by atoms with Crippen LogP contribution in [0, 0.1) is 10.1 Å². The number of non-ortho nitro benzene ring substituents is 1. The van der Waals surface area contributed by atoms with Crippen LogP contribution in [0.3, 0.4) is 0 Å². The molecule has 0 amide bonds. The van der Waals surface area contributed by atoms with Gasteiger partial charge in [-0.2, -0.15) is 18.8 Å². The van der Waals surface area contributed by atoms with Crippen molar-refractivity contribution < 1.29 is 21.8 Å². The largest absolute Gasteiger partial charge is 0.399 e. The number of H-pyrrole nitrogens is 2. The van der Waals surface area contributed by atoms with Gasteiger partial charge in [0.2, 0.25) is 20.0 Å². The van der Waals surface area contributed by atoms with Crippen molar-refractivity contribution in [3.05, 3.63) is 46.5 Å². The summed E-state index contributed by atoms with van der Waals surface area (Å²) in [6.07, 6.45) is 2.43. The first-order valence-corrected chi connectivity index (χ1v) is 16.8. The number of nitro benzene ring substituents is 1. The van der Waals surface area contributed by atoms with E-state index >= 15 is 0 Å². The van der Waals surface area contributed by atoms with Crippen LogP contribution in [0.25, 0.3) is 21.8 Å². The van der Waals surface area contributed by atoms with Gasteiger partial charge in [0.1, 0.15) is 0 Å². The van der Waals surface area contributed by atoms with Crippen LogP contribution in [0.2, 0.25) is 0 Å². The first-order valence-electron chi connectivity index (χ1n) is 13.1. The highest BCUT2D eigenvalue weighted by atomic mass is 32.2. The summed E-state index contributed by atoms with van der Waals surface area (Å²) in [6, 6.07) is 10.1. The Balaban J connectivity index is 0.000000169. The summed E-state index contributed by atoms with van der Waals surface area (Å²) in [4.78, 5) is 14.5. The summed E-state index contributed by atoms with van der Waals surface area (Å²) in [6.45, 7) is 3.96. The molecule has 0 aliphatic carbocycles. The number of piperazine rings is 2. The molecule has 6 rings (SSSR count). The average Bonchev–Trinajstić information content (AvgIpc) is 3.56. The third-order valence-corrected chi connectivity index (χ3v) is 9.92. The van der Waals surface area contributed by atoms with E-state index in [4.69, 9.17) is 5.73 Å². The Morgan fingerprint density at radius 1 is 0.738 bits per heavy atom. The van der Waals surface area contributed by atoms with E-state index in [1.165, 1.54) is 33.3 Å². The molecule has 4 heterocycles. The van der Waals surface area contributed by atoms with Crippen LogP contribution < -0.4 is 15.5 Å². The number of aromatic nitrogens is 4. The molecule has 0 bridgehead atoms. The van der Waals surface area contributed by atoms with Gasteiger partial charge in [0.05, 0.1) is 33.9 Å². The van der Waals surface area contributed by atoms with Gasteiger partial charge in [0.15, 0.2) is 11.6 Å². The lowest BCUT2D eigenvalue weighted by Crippen LogP contribution is -2.48. The van der Waals surface area contributed by atoms with E-state index < -0.39 is 25.0 Å². The molecule has 0 spiro atoms. The number of sulfonamides is 2. The number of rotatable bonds is 5. The standard InChI is InChI=1S/C12H15N5O4S.C12H17N5O2S/c1-22(20,21)16-6-4-15(5-7-16)12-10-8-9(17(18)19)2-3-11(10)13-14-12;1-20(18,19)17-6-4-16(5-7-17)12-10-8-9(13)2-3-11(10)14-15-12/h2-3,8H,4-7H2,1H3,(H,13,14);2-3,8H,4-7,13H2,1H3,(H,14,15). The monoisotopic (exact) mass is 620 g/mol. The maximum atomic E-state index is 11.5. The smallest absolute Gasteiger partial charge is 0.270 e. The second-order valence-electron chi connectivity index (χ2n) is 10.2. The fourth-order valence-electron chi connectivity index (χ4n) is 5.06. The van der Waals surface area contributed by atoms with E-state index in [0.717, 1.165) is 16.7 Å². The number of anilines is 3. The Labute approximate surface area is 242 Å². The van der Waals surface area contributed by atoms with Crippen LogP contribution in [0.1, 0.15) is 0 Å². The first kappa shape index (κ1) is 29.5. The van der Waals surface area contributed by atoms with Crippen molar-refractivity contribution in [3.8, 4) is 0 Å². The number of nitrogens with one attached hydrogen (secondary N) is 2. The van der Waals surface area contributed by atoms with Gasteiger partial charge in [-0.3, -0.25) is 20.3 Å². The van der Waals surface area contributed by atoms with Crippen molar-refractivity contribution in [2.75, 3.05) is 80.4 Å². The van der Waals surface area contributed by atoms with Crippen LogP contribution in [-0.2, 0) is 20.0 Å². The Morgan fingerprint density at radius 3 is 1.60 bits per heavy atom. The summed E-state index contributed by atoms with van der Waals surface area (Å²) in [7, 11) is -6.30. The zero-order chi connectivity index (χ0) is 30.2. The number of nitrogens with zero attached hydrogens (tertiary/aromatic N) is 7. The molecule has 0 radical (unpaired) electrons. The van der Waals surface area contributed by atoms with Crippen molar-refractivity contribution in [1.29, 1.82) is 0 Å². The lowest BCUT2D eigenvalue weighted by Gasteiger charge is -2.33. The number of fused-ring (bicyclic) bond motifs is 2. The van der Waals surface area contributed by atoms with E-state index in [1.54, 1.807) is 6.07 Å². The van der Waals surface area contributed by atoms with Gasteiger partial charge in [-0.15, -0.1) is 0 Å². The van der Waals surface area contributed by atoms with E-state index in [2.05, 4.69) is 25.3 Å². The highest BCUT2D eigenvalue weighted by molar-refractivity contribution is 7.88. The highest BCUT2D eigenvalue weighted by Gasteiger charge is 2.27. The number of hydrogen-bond donors (Lipinski definition) is 3. The molecule has 2 fully saturated rings. The van der Waals surface area contributed by atoms with Crippen LogP contribution in [0.5, 0.6) is 0 Å². The second kappa shape index (κ2) is 11.3. The first-order chi connectivity index (χ1) is 19.8. The average molecular weight is 621 g/mol. The molecule has 4 aromatic rings. The lowest BCUT2D eigenvalue weighted by molar-refractivity contribution is -0.384. The van der Waals surface area contributed by atoms with Crippen LogP contribution in [0.15, 0.2) is 36.4 Å². The summed E-state index contributed by atoms with van der Waals surface area (Å²) < 4.78 is 49.0. The van der Waals surface area contributed by atoms with Gasteiger partial charge < -0.3 is 15.5 Å². The van der Waals surface area contributed by atoms with Crippen molar-refractivity contribution in [2.24, 2.45) is 0 Å². The Bertz CT molecular complexity index is 1820. The summed E-state index contributed by atoms with van der Waals surface area (Å²) in [5.74, 6) is 1.45. The van der Waals surface area contributed by atoms with Gasteiger partial charge >= 0.3 is 0 Å². The van der Waals surface area contributed by atoms with Crippen LogP contribution in [0.4, 0.5) is 23.0 Å². The maximum Gasteiger partial charge on any atom is 0.270 e. The van der Waals surface area contributed by atoms with Gasteiger partial charge in [-0.25, -0.2) is 16.8 Å². The number of nitrogens with two attached hydrogens (primary N) is 1. The van der Waals surface area contributed by atoms with Crippen molar-refractivity contribution in [3.63, 3.8) is 0 Å². The molecule has 2 aromatic heterocycles. The van der Waals surface area contributed by atoms with Gasteiger partial charge in [-0.1, -0.05) is 0 Å². The molecule has 226 valence electrons. The summed E-state index contributed by atoms with van der Waals surface area (Å²) in [5, 5.41) is 26.9. The maximum absolute atomic E-state index is 11.5. The van der Waals surface area contributed by atoms with Crippen molar-refractivity contribution >= 4 is 64.9 Å². The molecule has 18 heteroatoms. The molecular weight excluding hydrogens is 588 g/mol. The number of hydrogen-bond acceptors (Lipinski definition) is 11. The second-order valence-corrected chi connectivity index (χ2v) is 14.1. The third-order valence-electron chi connectivity index (χ3n) is 7.32. The van der Waals surface area contributed by atoms with E-state index in [0.29, 0.717) is 74.8 Å². The molecule has 2 saturated heterocycles. The minimum Gasteiger partial charge on any atom is -0.399 e. The molecular formula is C24H32N10O6S2. The predicted octanol–water partition coefficient (Wildman–Crippen LogP) is 0.779. The fraction of sp³-hybridized carbons (Fsp3) is 0.417. The van der Waals surface area contributed by atoms with Crippen molar-refractivity contribution in [1.82, 2.24) is 29.0 Å². The number of nitro groups is 1. The van der Waals surface area contributed by atoms with Gasteiger partial charge in [-0.05, 0) is 24.3 Å². The van der Waals surface area contributed by atoms with Gasteiger partial charge in [0.25, 0.3) is 5.69 Å². The summed E-state index contributed by atoms with van der Waals surface area (Å²) >= 11 is 0. The Morgan fingerprint density at radius 2 is 1.17 bits per heavy atom. The van der Waals surface area contributed by atoms with Crippen LogP contribution in [-0.4, -0.2) is 116 Å². The van der Waals surface area contributed by atoms with E-state index in [-0.39, 0.29) is 5.69 Å². The molecule has 4 N–H and O–H groups in total.